The van der Waals surface area contributed by atoms with E-state index in [1.807, 2.05) is 6.92 Å². The largest absolute Gasteiger partial charge is 0.386 e. The standard InChI is InChI=1S/C16H24O3/c1-11(7-12-8-13(17)19-14(12)18)9-16(5,6)10-15(2,3)4/h8-9H,7,10H2,1-6H3. The van der Waals surface area contributed by atoms with Crippen LogP contribution < -0.4 is 0 Å². The van der Waals surface area contributed by atoms with E-state index in [-0.39, 0.29) is 10.8 Å². The lowest BCUT2D eigenvalue weighted by molar-refractivity contribution is -0.150. The Morgan fingerprint density at radius 1 is 1.21 bits per heavy atom. The molecule has 0 bridgehead atoms. The van der Waals surface area contributed by atoms with Gasteiger partial charge in [-0.2, -0.15) is 0 Å². The first kappa shape index (κ1) is 15.7. The summed E-state index contributed by atoms with van der Waals surface area (Å²) in [6.45, 7) is 13.0. The molecule has 0 fully saturated rings. The number of carbonyl (C=O) groups excluding carboxylic acids is 2. The lowest BCUT2D eigenvalue weighted by atomic mass is 9.75. The Kier molecular flexibility index (Phi) is 4.39. The van der Waals surface area contributed by atoms with Gasteiger partial charge in [0.1, 0.15) is 0 Å². The first-order valence-corrected chi connectivity index (χ1v) is 6.64. The fourth-order valence-corrected chi connectivity index (χ4v) is 2.95. The monoisotopic (exact) mass is 264 g/mol. The van der Waals surface area contributed by atoms with Gasteiger partial charge in [-0.25, -0.2) is 9.59 Å². The average Bonchev–Trinajstić information content (AvgIpc) is 2.38. The van der Waals surface area contributed by atoms with Crippen LogP contribution in [-0.2, 0) is 14.3 Å². The lowest BCUT2D eigenvalue weighted by Gasteiger charge is -2.30. The van der Waals surface area contributed by atoms with Gasteiger partial charge >= 0.3 is 11.9 Å². The highest BCUT2D eigenvalue weighted by molar-refractivity contribution is 6.09. The molecule has 0 N–H and O–H groups in total. The first-order chi connectivity index (χ1) is 8.48. The molecule has 0 radical (unpaired) electrons. The van der Waals surface area contributed by atoms with Crippen molar-refractivity contribution in [1.82, 2.24) is 0 Å². The van der Waals surface area contributed by atoms with Crippen LogP contribution in [0.1, 0.15) is 54.4 Å². The van der Waals surface area contributed by atoms with Gasteiger partial charge in [-0.05, 0) is 24.2 Å². The Balaban J connectivity index is 2.74. The summed E-state index contributed by atoms with van der Waals surface area (Å²) in [5.74, 6) is -1.06. The molecule has 0 aromatic rings. The molecule has 0 aromatic heterocycles. The van der Waals surface area contributed by atoms with E-state index < -0.39 is 11.9 Å². The molecule has 0 amide bonds. The summed E-state index contributed by atoms with van der Waals surface area (Å²) in [5, 5.41) is 0. The van der Waals surface area contributed by atoms with E-state index in [0.717, 1.165) is 12.0 Å². The van der Waals surface area contributed by atoms with E-state index in [0.29, 0.717) is 12.0 Å². The molecule has 1 aliphatic rings. The topological polar surface area (TPSA) is 43.4 Å². The van der Waals surface area contributed by atoms with Gasteiger partial charge in [0.25, 0.3) is 0 Å². The summed E-state index contributed by atoms with van der Waals surface area (Å²) >= 11 is 0. The second-order valence-electron chi connectivity index (χ2n) is 7.27. The van der Waals surface area contributed by atoms with Crippen LogP contribution in [0, 0.1) is 10.8 Å². The fourth-order valence-electron chi connectivity index (χ4n) is 2.95. The number of esters is 2. The molecule has 3 heteroatoms. The van der Waals surface area contributed by atoms with Crippen LogP contribution in [0.25, 0.3) is 0 Å². The zero-order valence-corrected chi connectivity index (χ0v) is 12.8. The summed E-state index contributed by atoms with van der Waals surface area (Å²) in [4.78, 5) is 22.4. The highest BCUT2D eigenvalue weighted by Crippen LogP contribution is 2.35. The number of cyclic esters (lactones) is 2. The normalized spacial score (nSPS) is 17.6. The second kappa shape index (κ2) is 5.32. The van der Waals surface area contributed by atoms with Gasteiger partial charge < -0.3 is 4.74 Å². The molecular weight excluding hydrogens is 240 g/mol. The summed E-state index contributed by atoms with van der Waals surface area (Å²) in [5.41, 5.74) is 1.86. The van der Waals surface area contributed by atoms with Gasteiger partial charge in [-0.1, -0.05) is 46.3 Å². The molecule has 0 aromatic carbocycles. The van der Waals surface area contributed by atoms with E-state index in [1.54, 1.807) is 0 Å². The Hall–Kier alpha value is -1.38. The molecule has 0 saturated carbocycles. The second-order valence-corrected chi connectivity index (χ2v) is 7.27. The lowest BCUT2D eigenvalue weighted by Crippen LogP contribution is -2.19. The molecule has 1 rings (SSSR count). The molecule has 19 heavy (non-hydrogen) atoms. The highest BCUT2D eigenvalue weighted by Gasteiger charge is 2.26. The van der Waals surface area contributed by atoms with Crippen LogP contribution in [0.2, 0.25) is 0 Å². The maximum absolute atomic E-state index is 11.4. The molecule has 0 atom stereocenters. The molecule has 0 aliphatic carbocycles. The van der Waals surface area contributed by atoms with Crippen molar-refractivity contribution in [3.63, 3.8) is 0 Å². The summed E-state index contributed by atoms with van der Waals surface area (Å²) in [6, 6.07) is 0. The number of allylic oxidation sites excluding steroid dienone is 2. The summed E-state index contributed by atoms with van der Waals surface area (Å²) in [7, 11) is 0. The van der Waals surface area contributed by atoms with E-state index in [2.05, 4.69) is 45.4 Å². The predicted molar refractivity (Wildman–Crippen MR) is 75.4 cm³/mol. The van der Waals surface area contributed by atoms with Crippen LogP contribution in [0.4, 0.5) is 0 Å². The number of hydrogen-bond donors (Lipinski definition) is 0. The third-order valence-electron chi connectivity index (χ3n) is 2.84. The van der Waals surface area contributed by atoms with Crippen LogP contribution in [0.3, 0.4) is 0 Å². The molecule has 1 heterocycles. The third kappa shape index (κ3) is 5.41. The fraction of sp³-hybridized carbons (Fsp3) is 0.625. The van der Waals surface area contributed by atoms with Crippen molar-refractivity contribution in [2.45, 2.75) is 54.4 Å². The van der Waals surface area contributed by atoms with Gasteiger partial charge in [-0.3, -0.25) is 0 Å². The number of rotatable bonds is 4. The molecule has 0 saturated heterocycles. The van der Waals surface area contributed by atoms with Crippen LogP contribution in [-0.4, -0.2) is 11.9 Å². The quantitative estimate of drug-likeness (QED) is 0.441. The first-order valence-electron chi connectivity index (χ1n) is 6.64. The van der Waals surface area contributed by atoms with Crippen LogP contribution in [0.15, 0.2) is 23.3 Å². The average molecular weight is 264 g/mol. The molecule has 0 unspecified atom stereocenters. The van der Waals surface area contributed by atoms with E-state index in [4.69, 9.17) is 0 Å². The molecule has 3 nitrogen and oxygen atoms in total. The molecular formula is C16H24O3. The molecule has 106 valence electrons. The van der Waals surface area contributed by atoms with Crippen molar-refractivity contribution < 1.29 is 14.3 Å². The van der Waals surface area contributed by atoms with Gasteiger partial charge in [0.2, 0.25) is 0 Å². The zero-order valence-electron chi connectivity index (χ0n) is 12.8. The third-order valence-corrected chi connectivity index (χ3v) is 2.84. The minimum atomic E-state index is -0.554. The molecule has 1 aliphatic heterocycles. The van der Waals surface area contributed by atoms with Gasteiger partial charge in [-0.15, -0.1) is 0 Å². The predicted octanol–water partition coefficient (Wildman–Crippen LogP) is 3.80. The SMILES string of the molecule is CC(=CC(C)(C)CC(C)(C)C)CC1=CC(=O)OC1=O. The van der Waals surface area contributed by atoms with Crippen molar-refractivity contribution in [3.05, 3.63) is 23.3 Å². The number of hydrogen-bond acceptors (Lipinski definition) is 3. The maximum Gasteiger partial charge on any atom is 0.342 e. The minimum Gasteiger partial charge on any atom is -0.386 e. The van der Waals surface area contributed by atoms with Crippen molar-refractivity contribution in [2.24, 2.45) is 10.8 Å². The smallest absolute Gasteiger partial charge is 0.342 e. The zero-order chi connectivity index (χ0) is 14.8. The van der Waals surface area contributed by atoms with E-state index in [1.165, 1.54) is 6.08 Å². The number of carbonyl (C=O) groups is 2. The maximum atomic E-state index is 11.4. The Morgan fingerprint density at radius 2 is 1.79 bits per heavy atom. The van der Waals surface area contributed by atoms with Gasteiger partial charge in [0.15, 0.2) is 0 Å². The Bertz CT molecular complexity index is 445. The molecule has 0 spiro atoms. The minimum absolute atomic E-state index is 0.0649. The Morgan fingerprint density at radius 3 is 2.21 bits per heavy atom. The van der Waals surface area contributed by atoms with Gasteiger partial charge in [0.05, 0.1) is 0 Å². The van der Waals surface area contributed by atoms with Gasteiger partial charge in [0, 0.05) is 18.1 Å². The highest BCUT2D eigenvalue weighted by atomic mass is 16.6. The van der Waals surface area contributed by atoms with E-state index in [9.17, 15) is 9.59 Å². The summed E-state index contributed by atoms with van der Waals surface area (Å²) in [6.07, 6.45) is 5.02. The van der Waals surface area contributed by atoms with E-state index >= 15 is 0 Å². The van der Waals surface area contributed by atoms with Crippen LogP contribution >= 0.6 is 0 Å². The van der Waals surface area contributed by atoms with Crippen LogP contribution in [0.5, 0.6) is 0 Å². The van der Waals surface area contributed by atoms with Crippen molar-refractivity contribution in [3.8, 4) is 0 Å². The van der Waals surface area contributed by atoms with Crippen molar-refractivity contribution in [1.29, 1.82) is 0 Å². The summed E-state index contributed by atoms with van der Waals surface area (Å²) < 4.78 is 4.49. The van der Waals surface area contributed by atoms with Crippen molar-refractivity contribution in [2.75, 3.05) is 0 Å². The number of ether oxygens (including phenoxy) is 1. The Labute approximate surface area is 115 Å². The van der Waals surface area contributed by atoms with Crippen molar-refractivity contribution >= 4 is 11.9 Å².